The molecule has 1 N–H and O–H groups in total. The molecule has 23 heavy (non-hydrogen) atoms. The van der Waals surface area contributed by atoms with Crippen molar-refractivity contribution in [3.63, 3.8) is 0 Å². The molecule has 0 aliphatic heterocycles. The third-order valence-electron chi connectivity index (χ3n) is 3.64. The molecule has 0 amide bonds. The number of ether oxygens (including phenoxy) is 3. The van der Waals surface area contributed by atoms with Crippen LogP contribution in [0.25, 0.3) is 23.1 Å². The van der Waals surface area contributed by atoms with E-state index in [4.69, 9.17) is 14.2 Å². The summed E-state index contributed by atoms with van der Waals surface area (Å²) in [4.78, 5) is 0. The molecule has 1 heterocycles. The lowest BCUT2D eigenvalue weighted by atomic mass is 10.1. The van der Waals surface area contributed by atoms with Crippen LogP contribution in [0.3, 0.4) is 0 Å². The molecule has 0 spiro atoms. The van der Waals surface area contributed by atoms with Gasteiger partial charge in [0.2, 0.25) is 0 Å². The summed E-state index contributed by atoms with van der Waals surface area (Å²) in [6.45, 7) is 0. The highest BCUT2D eigenvalue weighted by atomic mass is 16.5. The standard InChI is InChI=1S/C18H18N2O3/c1-21-15-10-8-12(11-17(15)23-3)7-9-14-18-13(19-20-14)5-4-6-16(18)22-2/h4-11H,1-3H3,(H,19,20)/b9-7+. The smallest absolute Gasteiger partial charge is 0.161 e. The minimum absolute atomic E-state index is 0.694. The number of rotatable bonds is 5. The van der Waals surface area contributed by atoms with Crippen LogP contribution in [0.5, 0.6) is 17.2 Å². The van der Waals surface area contributed by atoms with Gasteiger partial charge in [0.05, 0.1) is 37.9 Å². The quantitative estimate of drug-likeness (QED) is 0.779. The zero-order chi connectivity index (χ0) is 16.2. The van der Waals surface area contributed by atoms with Crippen LogP contribution in [0.1, 0.15) is 11.3 Å². The van der Waals surface area contributed by atoms with E-state index in [-0.39, 0.29) is 0 Å². The second kappa shape index (κ2) is 6.44. The van der Waals surface area contributed by atoms with E-state index >= 15 is 0 Å². The van der Waals surface area contributed by atoms with Gasteiger partial charge in [-0.1, -0.05) is 18.2 Å². The Labute approximate surface area is 134 Å². The monoisotopic (exact) mass is 310 g/mol. The van der Waals surface area contributed by atoms with Gasteiger partial charge >= 0.3 is 0 Å². The van der Waals surface area contributed by atoms with E-state index in [2.05, 4.69) is 10.2 Å². The highest BCUT2D eigenvalue weighted by Crippen LogP contribution is 2.30. The lowest BCUT2D eigenvalue weighted by Gasteiger charge is -2.07. The normalized spacial score (nSPS) is 11.1. The van der Waals surface area contributed by atoms with Crippen LogP contribution < -0.4 is 14.2 Å². The van der Waals surface area contributed by atoms with Crippen LogP contribution in [0.2, 0.25) is 0 Å². The Morgan fingerprint density at radius 1 is 0.870 bits per heavy atom. The van der Waals surface area contributed by atoms with Gasteiger partial charge in [0, 0.05) is 0 Å². The number of fused-ring (bicyclic) bond motifs is 1. The van der Waals surface area contributed by atoms with E-state index in [1.807, 2.05) is 48.6 Å². The maximum atomic E-state index is 5.41. The van der Waals surface area contributed by atoms with Gasteiger partial charge in [0.1, 0.15) is 5.75 Å². The predicted molar refractivity (Wildman–Crippen MR) is 91.1 cm³/mol. The van der Waals surface area contributed by atoms with E-state index in [1.165, 1.54) is 0 Å². The van der Waals surface area contributed by atoms with Crippen molar-refractivity contribution in [1.29, 1.82) is 0 Å². The third kappa shape index (κ3) is 2.85. The topological polar surface area (TPSA) is 56.4 Å². The summed E-state index contributed by atoms with van der Waals surface area (Å²) in [6.07, 6.45) is 3.92. The first-order valence-corrected chi connectivity index (χ1v) is 7.18. The summed E-state index contributed by atoms with van der Waals surface area (Å²) in [5, 5.41) is 8.33. The van der Waals surface area contributed by atoms with Crippen LogP contribution in [0.15, 0.2) is 36.4 Å². The lowest BCUT2D eigenvalue weighted by Crippen LogP contribution is -1.90. The van der Waals surface area contributed by atoms with E-state index in [0.29, 0.717) is 11.5 Å². The summed E-state index contributed by atoms with van der Waals surface area (Å²) in [5.41, 5.74) is 2.76. The second-order valence-corrected chi connectivity index (χ2v) is 4.94. The number of hydrogen-bond acceptors (Lipinski definition) is 4. The third-order valence-corrected chi connectivity index (χ3v) is 3.64. The van der Waals surface area contributed by atoms with Crippen molar-refractivity contribution in [2.24, 2.45) is 0 Å². The van der Waals surface area contributed by atoms with Gasteiger partial charge in [-0.15, -0.1) is 0 Å². The summed E-state index contributed by atoms with van der Waals surface area (Å²) in [7, 11) is 4.90. The predicted octanol–water partition coefficient (Wildman–Crippen LogP) is 3.76. The molecule has 3 rings (SSSR count). The average molecular weight is 310 g/mol. The van der Waals surface area contributed by atoms with Crippen molar-refractivity contribution in [2.45, 2.75) is 0 Å². The molecule has 0 aliphatic carbocycles. The first-order chi connectivity index (χ1) is 11.3. The molecule has 0 fully saturated rings. The molecule has 3 aromatic rings. The van der Waals surface area contributed by atoms with Gasteiger partial charge in [0.15, 0.2) is 11.5 Å². The number of nitrogens with one attached hydrogen (secondary N) is 1. The average Bonchev–Trinajstić information content (AvgIpc) is 3.02. The van der Waals surface area contributed by atoms with E-state index in [1.54, 1.807) is 21.3 Å². The molecule has 1 aromatic heterocycles. The second-order valence-electron chi connectivity index (χ2n) is 4.94. The lowest BCUT2D eigenvalue weighted by molar-refractivity contribution is 0.355. The summed E-state index contributed by atoms with van der Waals surface area (Å²) < 4.78 is 16.0. The summed E-state index contributed by atoms with van der Waals surface area (Å²) in [6, 6.07) is 11.6. The fourth-order valence-corrected chi connectivity index (χ4v) is 2.49. The number of H-pyrrole nitrogens is 1. The molecule has 0 atom stereocenters. The van der Waals surface area contributed by atoms with Crippen molar-refractivity contribution in [3.05, 3.63) is 47.7 Å². The molecule has 5 nitrogen and oxygen atoms in total. The van der Waals surface area contributed by atoms with Crippen LogP contribution in [0, 0.1) is 0 Å². The summed E-state index contributed by atoms with van der Waals surface area (Å²) >= 11 is 0. The number of hydrogen-bond donors (Lipinski definition) is 1. The van der Waals surface area contributed by atoms with Gasteiger partial charge in [-0.2, -0.15) is 5.10 Å². The van der Waals surface area contributed by atoms with Crippen LogP contribution in [-0.4, -0.2) is 31.5 Å². The number of aromatic amines is 1. The Morgan fingerprint density at radius 2 is 1.65 bits per heavy atom. The highest BCUT2D eigenvalue weighted by molar-refractivity contribution is 5.94. The van der Waals surface area contributed by atoms with Gasteiger partial charge < -0.3 is 14.2 Å². The molecule has 0 unspecified atom stereocenters. The van der Waals surface area contributed by atoms with Crippen LogP contribution in [-0.2, 0) is 0 Å². The van der Waals surface area contributed by atoms with Crippen molar-refractivity contribution >= 4 is 23.1 Å². The zero-order valence-electron chi connectivity index (χ0n) is 13.3. The number of aromatic nitrogens is 2. The molecule has 0 saturated carbocycles. The van der Waals surface area contributed by atoms with Crippen LogP contribution >= 0.6 is 0 Å². The maximum Gasteiger partial charge on any atom is 0.161 e. The number of benzene rings is 2. The number of nitrogens with zero attached hydrogens (tertiary/aromatic N) is 1. The minimum Gasteiger partial charge on any atom is -0.496 e. The summed E-state index contributed by atoms with van der Waals surface area (Å²) in [5.74, 6) is 2.19. The Morgan fingerprint density at radius 3 is 2.39 bits per heavy atom. The molecule has 118 valence electrons. The maximum absolute atomic E-state index is 5.41. The van der Waals surface area contributed by atoms with Crippen LogP contribution in [0.4, 0.5) is 0 Å². The molecule has 0 radical (unpaired) electrons. The van der Waals surface area contributed by atoms with E-state index in [9.17, 15) is 0 Å². The Bertz CT molecular complexity index is 853. The van der Waals surface area contributed by atoms with E-state index in [0.717, 1.165) is 27.9 Å². The van der Waals surface area contributed by atoms with Gasteiger partial charge in [-0.25, -0.2) is 0 Å². The Hall–Kier alpha value is -2.95. The van der Waals surface area contributed by atoms with Crippen molar-refractivity contribution in [2.75, 3.05) is 21.3 Å². The Kier molecular flexibility index (Phi) is 4.19. The molecule has 0 aliphatic rings. The fraction of sp³-hybridized carbons (Fsp3) is 0.167. The van der Waals surface area contributed by atoms with Gasteiger partial charge in [0.25, 0.3) is 0 Å². The fourth-order valence-electron chi connectivity index (χ4n) is 2.49. The van der Waals surface area contributed by atoms with Gasteiger partial charge in [-0.3, -0.25) is 5.10 Å². The molecule has 2 aromatic carbocycles. The SMILES string of the molecule is COc1ccc(/C=C/c2n[nH]c3cccc(OC)c23)cc1OC. The van der Waals surface area contributed by atoms with Crippen molar-refractivity contribution < 1.29 is 14.2 Å². The van der Waals surface area contributed by atoms with Crippen molar-refractivity contribution in [1.82, 2.24) is 10.2 Å². The minimum atomic E-state index is 0.694. The Balaban J connectivity index is 1.97. The van der Waals surface area contributed by atoms with Crippen molar-refractivity contribution in [3.8, 4) is 17.2 Å². The molecular weight excluding hydrogens is 292 g/mol. The molecule has 5 heteroatoms. The first kappa shape index (κ1) is 15.0. The zero-order valence-corrected chi connectivity index (χ0v) is 13.3. The number of methoxy groups -OCH3 is 3. The molecular formula is C18H18N2O3. The molecule has 0 saturated heterocycles. The van der Waals surface area contributed by atoms with E-state index < -0.39 is 0 Å². The highest BCUT2D eigenvalue weighted by Gasteiger charge is 2.08. The molecule has 0 bridgehead atoms. The first-order valence-electron chi connectivity index (χ1n) is 7.18. The largest absolute Gasteiger partial charge is 0.496 e. The van der Waals surface area contributed by atoms with Gasteiger partial charge in [-0.05, 0) is 35.9 Å².